The van der Waals surface area contributed by atoms with Crippen LogP contribution >= 0.6 is 23.4 Å². The molecule has 4 heterocycles. The largest absolute Gasteiger partial charge is 0.344 e. The van der Waals surface area contributed by atoms with Crippen LogP contribution in [0.25, 0.3) is 11.2 Å². The van der Waals surface area contributed by atoms with E-state index in [9.17, 15) is 0 Å². The van der Waals surface area contributed by atoms with Crippen molar-refractivity contribution in [1.29, 1.82) is 0 Å². The van der Waals surface area contributed by atoms with Crippen LogP contribution in [0, 0.1) is 11.8 Å². The van der Waals surface area contributed by atoms with Crippen molar-refractivity contribution >= 4 is 34.5 Å². The molecule has 126 valence electrons. The number of hydrogen-bond acceptors (Lipinski definition) is 6. The van der Waals surface area contributed by atoms with Crippen molar-refractivity contribution < 1.29 is 9.47 Å². The lowest BCUT2D eigenvalue weighted by Crippen LogP contribution is -2.30. The molecule has 6 nitrogen and oxygen atoms in total. The lowest BCUT2D eigenvalue weighted by molar-refractivity contribution is -0.145. The standard InChI is InChI=1S/C16H17ClN4O2S/c1-4-5-11-19-14(17)12-15(20-11)21(8-18-12)6-10-13-9(7-24-10)22-16(2,3)23-13/h8-10,13H,6-7H2,1-3H3/t9-,10+,13-/m1/s1. The van der Waals surface area contributed by atoms with E-state index in [2.05, 4.69) is 26.8 Å². The molecule has 2 saturated heterocycles. The Kier molecular flexibility index (Phi) is 3.96. The van der Waals surface area contributed by atoms with Crippen molar-refractivity contribution in [3.8, 4) is 11.8 Å². The van der Waals surface area contributed by atoms with Crippen molar-refractivity contribution in [1.82, 2.24) is 19.5 Å². The summed E-state index contributed by atoms with van der Waals surface area (Å²) in [6, 6.07) is 0. The van der Waals surface area contributed by atoms with Gasteiger partial charge in [0.05, 0.1) is 17.7 Å². The van der Waals surface area contributed by atoms with Crippen LogP contribution < -0.4 is 0 Å². The summed E-state index contributed by atoms with van der Waals surface area (Å²) in [5.74, 6) is 6.48. The van der Waals surface area contributed by atoms with Gasteiger partial charge in [-0.05, 0) is 26.7 Å². The van der Waals surface area contributed by atoms with Gasteiger partial charge in [0.1, 0.15) is 11.6 Å². The molecule has 0 bridgehead atoms. The first-order valence-electron chi connectivity index (χ1n) is 7.75. The maximum absolute atomic E-state index is 6.21. The van der Waals surface area contributed by atoms with E-state index in [1.807, 2.05) is 30.2 Å². The van der Waals surface area contributed by atoms with E-state index < -0.39 is 5.79 Å². The van der Waals surface area contributed by atoms with E-state index in [4.69, 9.17) is 21.1 Å². The maximum Gasteiger partial charge on any atom is 0.208 e. The third-order valence-corrected chi connectivity index (χ3v) is 5.73. The Morgan fingerprint density at radius 2 is 2.25 bits per heavy atom. The minimum absolute atomic E-state index is 0.0784. The Hall–Kier alpha value is -1.33. The van der Waals surface area contributed by atoms with Crippen molar-refractivity contribution in [2.24, 2.45) is 0 Å². The van der Waals surface area contributed by atoms with Gasteiger partial charge in [0.15, 0.2) is 16.6 Å². The van der Waals surface area contributed by atoms with E-state index in [0.29, 0.717) is 22.1 Å². The van der Waals surface area contributed by atoms with Gasteiger partial charge in [-0.1, -0.05) is 17.5 Å². The molecule has 0 aromatic carbocycles. The fourth-order valence-electron chi connectivity index (χ4n) is 3.18. The summed E-state index contributed by atoms with van der Waals surface area (Å²) >= 11 is 8.07. The fourth-order valence-corrected chi connectivity index (χ4v) is 4.78. The molecule has 0 amide bonds. The van der Waals surface area contributed by atoms with E-state index >= 15 is 0 Å². The van der Waals surface area contributed by atoms with Gasteiger partial charge in [-0.2, -0.15) is 11.8 Å². The number of hydrogen-bond donors (Lipinski definition) is 0. The van der Waals surface area contributed by atoms with Crippen LogP contribution in [0.2, 0.25) is 5.15 Å². The van der Waals surface area contributed by atoms with Crippen molar-refractivity contribution in [3.63, 3.8) is 0 Å². The van der Waals surface area contributed by atoms with Crippen molar-refractivity contribution in [2.45, 2.75) is 50.6 Å². The SMILES string of the molecule is CC#Cc1nc(Cl)c2ncn(C[C@@H]3SC[C@H]4OC(C)(C)O[C@@H]34)c2n1. The Balaban J connectivity index is 1.64. The van der Waals surface area contributed by atoms with Crippen LogP contribution in [0.5, 0.6) is 0 Å². The first-order valence-corrected chi connectivity index (χ1v) is 9.18. The lowest BCUT2D eigenvalue weighted by atomic mass is 10.1. The van der Waals surface area contributed by atoms with Gasteiger partial charge in [0.25, 0.3) is 0 Å². The zero-order valence-electron chi connectivity index (χ0n) is 13.6. The molecule has 2 aromatic rings. The molecule has 2 aliphatic rings. The molecule has 8 heteroatoms. The number of rotatable bonds is 2. The monoisotopic (exact) mass is 364 g/mol. The van der Waals surface area contributed by atoms with Gasteiger partial charge < -0.3 is 14.0 Å². The van der Waals surface area contributed by atoms with Gasteiger partial charge in [-0.3, -0.25) is 0 Å². The molecule has 0 spiro atoms. The number of aromatic nitrogens is 4. The van der Waals surface area contributed by atoms with Crippen LogP contribution in [0.1, 0.15) is 26.6 Å². The minimum Gasteiger partial charge on any atom is -0.344 e. The number of ether oxygens (including phenoxy) is 2. The quantitative estimate of drug-likeness (QED) is 0.602. The second kappa shape index (κ2) is 5.88. The molecule has 4 rings (SSSR count). The summed E-state index contributed by atoms with van der Waals surface area (Å²) < 4.78 is 14.0. The van der Waals surface area contributed by atoms with Crippen LogP contribution in [-0.2, 0) is 16.0 Å². The third-order valence-electron chi connectivity index (χ3n) is 4.10. The van der Waals surface area contributed by atoms with Crippen LogP contribution in [0.4, 0.5) is 0 Å². The first-order chi connectivity index (χ1) is 11.5. The number of fused-ring (bicyclic) bond motifs is 2. The van der Waals surface area contributed by atoms with Crippen molar-refractivity contribution in [3.05, 3.63) is 17.3 Å². The molecule has 3 atom stereocenters. The topological polar surface area (TPSA) is 62.1 Å². The summed E-state index contributed by atoms with van der Waals surface area (Å²) in [4.78, 5) is 13.0. The second-order valence-electron chi connectivity index (χ2n) is 6.29. The molecule has 0 radical (unpaired) electrons. The minimum atomic E-state index is -0.513. The predicted octanol–water partition coefficient (Wildman–Crippen LogP) is 2.49. The van der Waals surface area contributed by atoms with Gasteiger partial charge in [0.2, 0.25) is 5.82 Å². The molecular formula is C16H17ClN4O2S. The molecule has 0 aliphatic carbocycles. The zero-order valence-corrected chi connectivity index (χ0v) is 15.2. The van der Waals surface area contributed by atoms with Crippen LogP contribution in [0.3, 0.4) is 0 Å². The molecule has 2 aromatic heterocycles. The Bertz CT molecular complexity index is 857. The predicted molar refractivity (Wildman–Crippen MR) is 93.0 cm³/mol. The highest BCUT2D eigenvalue weighted by molar-refractivity contribution is 8.00. The number of imidazole rings is 1. The molecule has 2 fully saturated rings. The summed E-state index contributed by atoms with van der Waals surface area (Å²) in [6.45, 7) is 6.39. The van der Waals surface area contributed by atoms with E-state index in [1.165, 1.54) is 0 Å². The average Bonchev–Trinajstić information content (AvgIpc) is 3.14. The zero-order chi connectivity index (χ0) is 16.9. The Morgan fingerprint density at radius 3 is 3.04 bits per heavy atom. The van der Waals surface area contributed by atoms with Gasteiger partial charge in [-0.25, -0.2) is 15.0 Å². The number of thioether (sulfide) groups is 1. The fraction of sp³-hybridized carbons (Fsp3) is 0.562. The summed E-state index contributed by atoms with van der Waals surface area (Å²) in [7, 11) is 0. The van der Waals surface area contributed by atoms with Crippen LogP contribution in [0.15, 0.2) is 6.33 Å². The van der Waals surface area contributed by atoms with Crippen molar-refractivity contribution in [2.75, 3.05) is 5.75 Å². The highest BCUT2D eigenvalue weighted by Crippen LogP contribution is 2.42. The van der Waals surface area contributed by atoms with Gasteiger partial charge in [-0.15, -0.1) is 0 Å². The summed E-state index contributed by atoms with van der Waals surface area (Å²) in [5, 5.41) is 0.610. The van der Waals surface area contributed by atoms with E-state index in [1.54, 1.807) is 13.3 Å². The van der Waals surface area contributed by atoms with Gasteiger partial charge in [0, 0.05) is 12.3 Å². The average molecular weight is 365 g/mol. The van der Waals surface area contributed by atoms with E-state index in [-0.39, 0.29) is 17.5 Å². The molecule has 2 aliphatic heterocycles. The lowest BCUT2D eigenvalue weighted by Gasteiger charge is -2.21. The van der Waals surface area contributed by atoms with E-state index in [0.717, 1.165) is 12.3 Å². The third kappa shape index (κ3) is 2.78. The second-order valence-corrected chi connectivity index (χ2v) is 7.92. The van der Waals surface area contributed by atoms with Gasteiger partial charge >= 0.3 is 0 Å². The summed E-state index contributed by atoms with van der Waals surface area (Å²) in [5.41, 5.74) is 1.30. The molecule has 0 saturated carbocycles. The first kappa shape index (κ1) is 16.2. The number of halogens is 1. The Morgan fingerprint density at radius 1 is 1.42 bits per heavy atom. The highest BCUT2D eigenvalue weighted by Gasteiger charge is 2.49. The normalized spacial score (nSPS) is 27.9. The number of nitrogens with zero attached hydrogens (tertiary/aromatic N) is 4. The highest BCUT2D eigenvalue weighted by atomic mass is 35.5. The molecule has 0 N–H and O–H groups in total. The molecule has 0 unspecified atom stereocenters. The summed E-state index contributed by atoms with van der Waals surface area (Å²) in [6.07, 6.45) is 1.97. The molecule has 24 heavy (non-hydrogen) atoms. The molecular weight excluding hydrogens is 348 g/mol. The van der Waals surface area contributed by atoms with Crippen LogP contribution in [-0.4, -0.2) is 48.5 Å². The maximum atomic E-state index is 6.21. The smallest absolute Gasteiger partial charge is 0.208 e. The Labute approximate surface area is 149 Å².